The van der Waals surface area contributed by atoms with Gasteiger partial charge in [0.05, 0.1) is 9.79 Å². The second-order valence-corrected chi connectivity index (χ2v) is 18.1. The van der Waals surface area contributed by atoms with E-state index in [1.165, 1.54) is 30.3 Å². The van der Waals surface area contributed by atoms with Crippen molar-refractivity contribution >= 4 is 72.7 Å². The first-order chi connectivity index (χ1) is 33.3. The van der Waals surface area contributed by atoms with Gasteiger partial charge in [0.1, 0.15) is 44.7 Å². The summed E-state index contributed by atoms with van der Waals surface area (Å²) in [5, 5.41) is 11.4. The maximum atomic E-state index is 12.8. The van der Waals surface area contributed by atoms with E-state index in [0.29, 0.717) is 39.4 Å². The summed E-state index contributed by atoms with van der Waals surface area (Å²) in [7, 11) is -8.54. The molecule has 2 heterocycles. The first-order valence-electron chi connectivity index (χ1n) is 21.6. The Morgan fingerprint density at radius 1 is 0.471 bits per heavy atom. The normalized spacial score (nSPS) is 10.9. The van der Waals surface area contributed by atoms with E-state index in [1.54, 1.807) is 103 Å². The quantitative estimate of drug-likeness (QED) is 0.0504. The van der Waals surface area contributed by atoms with Gasteiger partial charge in [0.2, 0.25) is 5.91 Å². The maximum absolute atomic E-state index is 12.8. The van der Waals surface area contributed by atoms with Crippen LogP contribution in [0.5, 0.6) is 0 Å². The number of pyridine rings is 2. The summed E-state index contributed by atoms with van der Waals surface area (Å²) in [4.78, 5) is 50.2. The molecule has 4 N–H and O–H groups in total. The monoisotopic (exact) mass is 982 g/mol. The molecule has 16 nitrogen and oxygen atoms in total. The summed E-state index contributed by atoms with van der Waals surface area (Å²) in [6.07, 6.45) is 10.6. The molecule has 0 radical (unpaired) electrons. The van der Waals surface area contributed by atoms with Crippen molar-refractivity contribution < 1.29 is 54.3 Å². The maximum Gasteiger partial charge on any atom is 0.255 e. The van der Waals surface area contributed by atoms with Crippen molar-refractivity contribution in [3.63, 3.8) is 0 Å². The van der Waals surface area contributed by atoms with E-state index in [2.05, 4.69) is 21.3 Å². The van der Waals surface area contributed by atoms with Crippen molar-refractivity contribution in [2.45, 2.75) is 50.6 Å². The average Bonchev–Trinajstić information content (AvgIpc) is 3.34. The number of carbonyl (C=O) groups excluding carboxylic acids is 4. The van der Waals surface area contributed by atoms with E-state index in [-0.39, 0.29) is 33.4 Å². The van der Waals surface area contributed by atoms with E-state index in [4.69, 9.17) is 0 Å². The Bertz CT molecular complexity index is 3110. The summed E-state index contributed by atoms with van der Waals surface area (Å²) in [6, 6.07) is 39.0. The van der Waals surface area contributed by atoms with Gasteiger partial charge in [0.25, 0.3) is 17.7 Å². The highest BCUT2D eigenvalue weighted by atomic mass is 32.2. The van der Waals surface area contributed by atoms with Crippen LogP contribution in [-0.2, 0) is 38.1 Å². The van der Waals surface area contributed by atoms with E-state index in [9.17, 15) is 45.1 Å². The molecule has 7 aromatic rings. The van der Waals surface area contributed by atoms with Gasteiger partial charge < -0.3 is 30.4 Å². The number of amides is 4. The van der Waals surface area contributed by atoms with Crippen molar-refractivity contribution in [1.29, 1.82) is 0 Å². The summed E-state index contributed by atoms with van der Waals surface area (Å²) >= 11 is 0. The first kappa shape index (κ1) is 52.8. The number of anilines is 4. The minimum atomic E-state index is -4.27. The van der Waals surface area contributed by atoms with Crippen LogP contribution in [-0.4, -0.2) is 49.6 Å². The Morgan fingerprint density at radius 3 is 1.17 bits per heavy atom. The van der Waals surface area contributed by atoms with E-state index in [0.717, 1.165) is 29.8 Å². The van der Waals surface area contributed by atoms with Gasteiger partial charge in [-0.1, -0.05) is 47.5 Å². The van der Waals surface area contributed by atoms with Crippen molar-refractivity contribution in [2.75, 3.05) is 21.3 Å². The summed E-state index contributed by atoms with van der Waals surface area (Å²) in [5.41, 5.74) is 6.45. The third-order valence-electron chi connectivity index (χ3n) is 10.0. The molecule has 0 aliphatic carbocycles. The lowest BCUT2D eigenvalue weighted by Gasteiger charge is -2.08. The number of carbonyl (C=O) groups is 4. The van der Waals surface area contributed by atoms with Crippen LogP contribution in [0.1, 0.15) is 61.6 Å². The van der Waals surface area contributed by atoms with Gasteiger partial charge >= 0.3 is 0 Å². The fourth-order valence-electron chi connectivity index (χ4n) is 6.12. The van der Waals surface area contributed by atoms with Gasteiger partial charge in [-0.3, -0.25) is 19.2 Å². The number of nitrogens with one attached hydrogen (secondary N) is 4. The first-order valence-corrected chi connectivity index (χ1v) is 24.4. The zero-order valence-corrected chi connectivity index (χ0v) is 40.2. The smallest absolute Gasteiger partial charge is 0.255 e. The molecule has 70 heavy (non-hydrogen) atoms. The Labute approximate surface area is 406 Å². The predicted octanol–water partition coefficient (Wildman–Crippen LogP) is 7.51. The van der Waals surface area contributed by atoms with Crippen molar-refractivity contribution in [2.24, 2.45) is 0 Å². The number of hydrogen-bond donors (Lipinski definition) is 4. The van der Waals surface area contributed by atoms with E-state index in [1.807, 2.05) is 85.9 Å². The van der Waals surface area contributed by atoms with Gasteiger partial charge in [-0.2, -0.15) is 0 Å². The zero-order valence-electron chi connectivity index (χ0n) is 38.5. The molecule has 0 saturated heterocycles. The van der Waals surface area contributed by atoms with Crippen LogP contribution < -0.4 is 30.4 Å². The lowest BCUT2D eigenvalue weighted by atomic mass is 10.1. The summed E-state index contributed by atoms with van der Waals surface area (Å²) in [5.74, 6) is -1.14. The van der Waals surface area contributed by atoms with Gasteiger partial charge in [-0.05, 0) is 136 Å². The summed E-state index contributed by atoms with van der Waals surface area (Å²) < 4.78 is 66.3. The zero-order chi connectivity index (χ0) is 50.8. The van der Waals surface area contributed by atoms with Crippen LogP contribution in [0.15, 0.2) is 186 Å². The average molecular weight is 983 g/mol. The molecule has 4 amide bonds. The second kappa shape index (κ2) is 24.7. The standard InChI is InChI=1S/C38H34N6O4.2C7H8O3S/c1-3-43-23-5-7-33(25-43)41-37(47)29-14-18-31(19-15-29)39-35(45)22-11-27-9-12-28(13-10-27)36(46)40-32-20-16-30(17-21-32)38(48)42-34-8-6-24-44(4-2)26-34;2*1-6-2-4-7(5-3-6)11(8,9)10/h5-26H,3-4H2,1-2H3,(H2-2,39,40,41,42,45,46,47,48);2*2-5H,1H3,(H,8,9,10)/b22-11+;;. The number of aromatic nitrogens is 2. The fourth-order valence-corrected chi connectivity index (χ4v) is 7.06. The van der Waals surface area contributed by atoms with Crippen molar-refractivity contribution in [3.05, 3.63) is 210 Å². The molecule has 0 saturated carbocycles. The minimum Gasteiger partial charge on any atom is -0.744 e. The number of hydrogen-bond acceptors (Lipinski definition) is 10. The molecule has 0 aliphatic rings. The van der Waals surface area contributed by atoms with E-state index < -0.39 is 20.2 Å². The molecule has 0 fully saturated rings. The second-order valence-electron chi connectivity index (χ2n) is 15.3. The molecule has 2 aromatic heterocycles. The number of aryl methyl sites for hydroxylation is 4. The predicted molar refractivity (Wildman–Crippen MR) is 264 cm³/mol. The summed E-state index contributed by atoms with van der Waals surface area (Å²) in [6.45, 7) is 9.27. The highest BCUT2D eigenvalue weighted by molar-refractivity contribution is 7.86. The highest BCUT2D eigenvalue weighted by Gasteiger charge is 2.12. The third-order valence-corrected chi connectivity index (χ3v) is 11.7. The van der Waals surface area contributed by atoms with Crippen LogP contribution in [0.25, 0.3) is 6.08 Å². The molecule has 5 aromatic carbocycles. The highest BCUT2D eigenvalue weighted by Crippen LogP contribution is 2.16. The van der Waals surface area contributed by atoms with Gasteiger partial charge in [0, 0.05) is 46.3 Å². The topological polar surface area (TPSA) is 239 Å². The number of benzene rings is 5. The van der Waals surface area contributed by atoms with Crippen LogP contribution in [0.3, 0.4) is 0 Å². The molecular formula is C52H50N6O10S2. The largest absolute Gasteiger partial charge is 0.744 e. The van der Waals surface area contributed by atoms with Crippen LogP contribution in [0.4, 0.5) is 22.7 Å². The Balaban J connectivity index is 0.000000338. The molecule has 0 spiro atoms. The van der Waals surface area contributed by atoms with Crippen LogP contribution in [0.2, 0.25) is 0 Å². The minimum absolute atomic E-state index is 0.178. The number of nitrogens with zero attached hydrogens (tertiary/aromatic N) is 2. The van der Waals surface area contributed by atoms with Crippen molar-refractivity contribution in [3.8, 4) is 0 Å². The Morgan fingerprint density at radius 2 is 0.814 bits per heavy atom. The number of rotatable bonds is 13. The molecule has 0 atom stereocenters. The van der Waals surface area contributed by atoms with Crippen LogP contribution in [0, 0.1) is 13.8 Å². The fraction of sp³-hybridized carbons (Fsp3) is 0.115. The molecule has 18 heteroatoms. The molecule has 7 rings (SSSR count). The molecule has 360 valence electrons. The molecule has 0 bridgehead atoms. The SMILES string of the molecule is CC[n+]1cccc(NC(=O)c2ccc(NC(=O)/C=C/c3ccc(C(=O)Nc4ccc(C(=O)Nc5ccc[n+](CC)c5)cc4)cc3)cc2)c1.Cc1ccc(S(=O)(=O)[O-])cc1.Cc1ccc(S(=O)(=O)[O-])cc1. The molecule has 0 aliphatic heterocycles. The Kier molecular flexibility index (Phi) is 18.7. The van der Waals surface area contributed by atoms with E-state index >= 15 is 0 Å². The van der Waals surface area contributed by atoms with Crippen molar-refractivity contribution in [1.82, 2.24) is 0 Å². The van der Waals surface area contributed by atoms with Gasteiger partial charge in [-0.15, -0.1) is 0 Å². The molecule has 0 unspecified atom stereocenters. The molecular weight excluding hydrogens is 933 g/mol. The lowest BCUT2D eigenvalue weighted by molar-refractivity contribution is -0.693. The van der Waals surface area contributed by atoms with Gasteiger partial charge in [-0.25, -0.2) is 26.0 Å². The van der Waals surface area contributed by atoms with Crippen LogP contribution >= 0.6 is 0 Å². The van der Waals surface area contributed by atoms with Gasteiger partial charge in [0.15, 0.2) is 24.8 Å². The Hall–Kier alpha value is -8.16. The lowest BCUT2D eigenvalue weighted by Crippen LogP contribution is -2.31. The third kappa shape index (κ3) is 16.9.